The third-order valence-corrected chi connectivity index (χ3v) is 3.05. The van der Waals surface area contributed by atoms with Gasteiger partial charge in [-0.15, -0.1) is 0 Å². The monoisotopic (exact) mass is 287 g/mol. The lowest BCUT2D eigenvalue weighted by molar-refractivity contribution is 0.247. The van der Waals surface area contributed by atoms with E-state index < -0.39 is 6.03 Å². The van der Waals surface area contributed by atoms with E-state index >= 15 is 0 Å². The summed E-state index contributed by atoms with van der Waals surface area (Å²) in [6.45, 7) is 0. The van der Waals surface area contributed by atoms with Crippen LogP contribution in [0.2, 0.25) is 0 Å². The van der Waals surface area contributed by atoms with Gasteiger partial charge in [-0.3, -0.25) is 4.72 Å². The molecular weight excluding hydrogens is 274 g/mol. The van der Waals surface area contributed by atoms with E-state index in [0.717, 1.165) is 4.90 Å². The van der Waals surface area contributed by atoms with Crippen molar-refractivity contribution in [1.29, 1.82) is 0 Å². The molecule has 0 bridgehead atoms. The van der Waals surface area contributed by atoms with E-state index in [4.69, 9.17) is 0 Å². The summed E-state index contributed by atoms with van der Waals surface area (Å²) in [6.07, 6.45) is 1.45. The van der Waals surface area contributed by atoms with Crippen molar-refractivity contribution in [3.8, 4) is 5.75 Å². The number of carbonyl (C=O) groups excluding carboxylic acids is 1. The van der Waals surface area contributed by atoms with Crippen LogP contribution in [0.15, 0.2) is 64.6 Å². The van der Waals surface area contributed by atoms with Crippen molar-refractivity contribution in [1.82, 2.24) is 10.1 Å². The predicted molar refractivity (Wildman–Crippen MR) is 79.7 cm³/mol. The number of aromatic hydroxyl groups is 1. The van der Waals surface area contributed by atoms with Crippen LogP contribution in [0, 0.1) is 0 Å². The van der Waals surface area contributed by atoms with Crippen LogP contribution in [0.3, 0.4) is 0 Å². The molecule has 3 N–H and O–H groups in total. The third kappa shape index (κ3) is 4.66. The molecule has 0 aliphatic rings. The summed E-state index contributed by atoms with van der Waals surface area (Å²) in [7, 11) is 0. The number of urea groups is 1. The number of benzene rings is 2. The number of hydrogen-bond donors (Lipinski definition) is 3. The smallest absolute Gasteiger partial charge is 0.345 e. The van der Waals surface area contributed by atoms with Gasteiger partial charge in [-0.25, -0.2) is 10.2 Å². The summed E-state index contributed by atoms with van der Waals surface area (Å²) < 4.78 is 2.60. The molecule has 0 aliphatic carbocycles. The molecule has 0 unspecified atom stereocenters. The minimum atomic E-state index is -0.421. The van der Waals surface area contributed by atoms with Gasteiger partial charge in [-0.2, -0.15) is 5.10 Å². The van der Waals surface area contributed by atoms with Gasteiger partial charge in [0.15, 0.2) is 0 Å². The number of hydrazone groups is 1. The molecule has 5 nitrogen and oxygen atoms in total. The number of amides is 2. The summed E-state index contributed by atoms with van der Waals surface area (Å²) in [5.74, 6) is 0.151. The van der Waals surface area contributed by atoms with E-state index in [-0.39, 0.29) is 5.75 Å². The number of rotatable bonds is 4. The van der Waals surface area contributed by atoms with E-state index in [0.29, 0.717) is 5.56 Å². The lowest BCUT2D eigenvalue weighted by Crippen LogP contribution is -2.27. The van der Waals surface area contributed by atoms with Crippen LogP contribution < -0.4 is 10.1 Å². The minimum Gasteiger partial charge on any atom is -0.508 e. The molecule has 2 aromatic rings. The van der Waals surface area contributed by atoms with Crippen molar-refractivity contribution in [2.24, 2.45) is 5.10 Å². The average molecular weight is 287 g/mol. The molecule has 6 heteroatoms. The fourth-order valence-corrected chi connectivity index (χ4v) is 1.94. The molecule has 0 atom stereocenters. The Labute approximate surface area is 120 Å². The van der Waals surface area contributed by atoms with Gasteiger partial charge in [-0.1, -0.05) is 30.3 Å². The Morgan fingerprint density at radius 1 is 1.15 bits per heavy atom. The number of carbonyl (C=O) groups is 1. The summed E-state index contributed by atoms with van der Waals surface area (Å²) in [6, 6.07) is 15.6. The second-order valence-electron chi connectivity index (χ2n) is 3.81. The highest BCUT2D eigenvalue weighted by molar-refractivity contribution is 7.98. The third-order valence-electron chi connectivity index (χ3n) is 2.25. The number of phenols is 1. The lowest BCUT2D eigenvalue weighted by atomic mass is 10.2. The Bertz CT molecular complexity index is 602. The molecule has 102 valence electrons. The van der Waals surface area contributed by atoms with Crippen molar-refractivity contribution in [3.63, 3.8) is 0 Å². The van der Waals surface area contributed by atoms with E-state index in [1.54, 1.807) is 24.3 Å². The first-order valence-corrected chi connectivity index (χ1v) is 6.66. The highest BCUT2D eigenvalue weighted by Crippen LogP contribution is 2.12. The number of nitrogens with one attached hydrogen (secondary N) is 2. The van der Waals surface area contributed by atoms with Gasteiger partial charge in [0, 0.05) is 4.90 Å². The number of hydrogen-bond acceptors (Lipinski definition) is 4. The van der Waals surface area contributed by atoms with Crippen LogP contribution in [-0.2, 0) is 0 Å². The van der Waals surface area contributed by atoms with E-state index in [9.17, 15) is 9.90 Å². The molecular formula is C14H13N3O2S. The van der Waals surface area contributed by atoms with Gasteiger partial charge in [0.1, 0.15) is 5.75 Å². The zero-order valence-electron chi connectivity index (χ0n) is 10.5. The standard InChI is InChI=1S/C14H13N3O2S/c18-12-6-4-5-11(9-12)10-15-16-14(19)17-20-13-7-2-1-3-8-13/h1-10,18H,(H2,16,17,19)/b15-10+. The molecule has 0 aromatic heterocycles. The molecule has 0 aliphatic heterocycles. The zero-order valence-corrected chi connectivity index (χ0v) is 11.3. The van der Waals surface area contributed by atoms with Crippen LogP contribution in [0.5, 0.6) is 5.75 Å². The molecule has 0 saturated carbocycles. The molecule has 0 radical (unpaired) electrons. The van der Waals surface area contributed by atoms with Crippen LogP contribution in [0.25, 0.3) is 0 Å². The highest BCUT2D eigenvalue weighted by Gasteiger charge is 1.98. The summed E-state index contributed by atoms with van der Waals surface area (Å²) in [5, 5.41) is 13.1. The van der Waals surface area contributed by atoms with Gasteiger partial charge in [-0.05, 0) is 41.8 Å². The fourth-order valence-electron chi connectivity index (χ4n) is 1.39. The molecule has 2 aromatic carbocycles. The van der Waals surface area contributed by atoms with Gasteiger partial charge in [0.05, 0.1) is 6.21 Å². The number of phenolic OH excluding ortho intramolecular Hbond substituents is 1. The molecule has 2 rings (SSSR count). The van der Waals surface area contributed by atoms with Gasteiger partial charge in [0.2, 0.25) is 0 Å². The maximum atomic E-state index is 11.5. The second kappa shape index (κ2) is 7.20. The van der Waals surface area contributed by atoms with Gasteiger partial charge in [0.25, 0.3) is 0 Å². The second-order valence-corrected chi connectivity index (χ2v) is 4.69. The summed E-state index contributed by atoms with van der Waals surface area (Å²) in [5.41, 5.74) is 3.03. The van der Waals surface area contributed by atoms with Gasteiger partial charge >= 0.3 is 6.03 Å². The van der Waals surface area contributed by atoms with Crippen LogP contribution >= 0.6 is 11.9 Å². The predicted octanol–water partition coefficient (Wildman–Crippen LogP) is 2.73. The largest absolute Gasteiger partial charge is 0.508 e. The maximum Gasteiger partial charge on any atom is 0.345 e. The average Bonchev–Trinajstić information content (AvgIpc) is 2.46. The van der Waals surface area contributed by atoms with Crippen molar-refractivity contribution < 1.29 is 9.90 Å². The van der Waals surface area contributed by atoms with Crippen LogP contribution in [0.1, 0.15) is 5.56 Å². The van der Waals surface area contributed by atoms with Crippen molar-refractivity contribution >= 4 is 24.2 Å². The van der Waals surface area contributed by atoms with E-state index in [2.05, 4.69) is 15.2 Å². The SMILES string of the molecule is O=C(N/N=C/c1cccc(O)c1)NSc1ccccc1. The highest BCUT2D eigenvalue weighted by atomic mass is 32.2. The summed E-state index contributed by atoms with van der Waals surface area (Å²) >= 11 is 1.20. The van der Waals surface area contributed by atoms with Crippen molar-refractivity contribution in [3.05, 3.63) is 60.2 Å². The van der Waals surface area contributed by atoms with E-state index in [1.165, 1.54) is 18.2 Å². The Kier molecular flexibility index (Phi) is 5.02. The van der Waals surface area contributed by atoms with Gasteiger partial charge < -0.3 is 5.11 Å². The normalized spacial score (nSPS) is 10.4. The quantitative estimate of drug-likeness (QED) is 0.460. The molecule has 0 spiro atoms. The number of nitrogens with zero attached hydrogens (tertiary/aromatic N) is 1. The first-order valence-electron chi connectivity index (χ1n) is 5.84. The minimum absolute atomic E-state index is 0.151. The van der Waals surface area contributed by atoms with E-state index in [1.807, 2.05) is 30.3 Å². The van der Waals surface area contributed by atoms with Crippen LogP contribution in [-0.4, -0.2) is 17.4 Å². The topological polar surface area (TPSA) is 73.7 Å². The zero-order chi connectivity index (χ0) is 14.2. The molecule has 0 saturated heterocycles. The first kappa shape index (κ1) is 14.0. The first-order chi connectivity index (χ1) is 9.74. The molecule has 20 heavy (non-hydrogen) atoms. The lowest BCUT2D eigenvalue weighted by Gasteiger charge is -2.02. The Morgan fingerprint density at radius 2 is 1.95 bits per heavy atom. The fraction of sp³-hybridized carbons (Fsp3) is 0. The molecule has 0 fully saturated rings. The van der Waals surface area contributed by atoms with Crippen molar-refractivity contribution in [2.45, 2.75) is 4.90 Å². The summed E-state index contributed by atoms with van der Waals surface area (Å²) in [4.78, 5) is 12.4. The molecule has 2 amide bonds. The Morgan fingerprint density at radius 3 is 2.70 bits per heavy atom. The Hall–Kier alpha value is -2.47. The van der Waals surface area contributed by atoms with Crippen LogP contribution in [0.4, 0.5) is 4.79 Å². The molecule has 0 heterocycles. The van der Waals surface area contributed by atoms with Crippen molar-refractivity contribution in [2.75, 3.05) is 0 Å². The maximum absolute atomic E-state index is 11.5. The Balaban J connectivity index is 1.78.